The Morgan fingerprint density at radius 1 is 1.15 bits per heavy atom. The van der Waals surface area contributed by atoms with Crippen molar-refractivity contribution in [1.29, 1.82) is 0 Å². The molecule has 5 heteroatoms. The monoisotopic (exact) mass is 360 g/mol. The summed E-state index contributed by atoms with van der Waals surface area (Å²) in [7, 11) is 1.62. The molecular weight excluding hydrogens is 340 g/mol. The number of aromatic nitrogens is 1. The molecule has 5 nitrogen and oxygen atoms in total. The minimum atomic E-state index is -0.217. The first kappa shape index (κ1) is 17.1. The molecule has 0 fully saturated rings. The average molecular weight is 360 g/mol. The molecule has 136 valence electrons. The van der Waals surface area contributed by atoms with Gasteiger partial charge >= 0.3 is 0 Å². The summed E-state index contributed by atoms with van der Waals surface area (Å²) in [5, 5.41) is 2.98. The Labute approximate surface area is 158 Å². The number of nitrogens with one attached hydrogen (secondary N) is 1. The van der Waals surface area contributed by atoms with E-state index in [9.17, 15) is 4.79 Å². The van der Waals surface area contributed by atoms with Crippen molar-refractivity contribution in [2.75, 3.05) is 19.0 Å². The van der Waals surface area contributed by atoms with E-state index >= 15 is 0 Å². The van der Waals surface area contributed by atoms with Crippen LogP contribution in [0.25, 0.3) is 11.1 Å². The van der Waals surface area contributed by atoms with Gasteiger partial charge in [-0.3, -0.25) is 9.78 Å². The number of hydrogen-bond acceptors (Lipinski definition) is 4. The largest absolute Gasteiger partial charge is 0.496 e. The third-order valence-corrected chi connectivity index (χ3v) is 4.71. The fourth-order valence-electron chi connectivity index (χ4n) is 3.28. The molecule has 3 aromatic rings. The van der Waals surface area contributed by atoms with Crippen LogP contribution in [0.4, 0.5) is 5.69 Å². The van der Waals surface area contributed by atoms with E-state index < -0.39 is 0 Å². The number of carbonyl (C=O) groups excluding carboxylic acids is 1. The number of methoxy groups -OCH3 is 1. The van der Waals surface area contributed by atoms with E-state index in [1.165, 1.54) is 0 Å². The maximum Gasteiger partial charge on any atom is 0.231 e. The summed E-state index contributed by atoms with van der Waals surface area (Å²) in [4.78, 5) is 16.7. The van der Waals surface area contributed by atoms with Crippen LogP contribution in [0.5, 0.6) is 11.5 Å². The number of carbonyl (C=O) groups is 1. The first-order valence-corrected chi connectivity index (χ1v) is 8.84. The number of nitrogens with zero attached hydrogens (tertiary/aromatic N) is 1. The van der Waals surface area contributed by atoms with E-state index in [1.54, 1.807) is 19.5 Å². The molecule has 2 aromatic carbocycles. The van der Waals surface area contributed by atoms with Crippen molar-refractivity contribution in [1.82, 2.24) is 4.98 Å². The lowest BCUT2D eigenvalue weighted by molar-refractivity contribution is -0.121. The van der Waals surface area contributed by atoms with Gasteiger partial charge in [0.15, 0.2) is 0 Å². The minimum absolute atomic E-state index is 0.0526. The second-order valence-electron chi connectivity index (χ2n) is 6.46. The maximum absolute atomic E-state index is 12.7. The molecule has 0 saturated carbocycles. The van der Waals surface area contributed by atoms with Gasteiger partial charge < -0.3 is 14.8 Å². The highest BCUT2D eigenvalue weighted by molar-refractivity contribution is 5.93. The van der Waals surface area contributed by atoms with E-state index in [0.29, 0.717) is 24.5 Å². The number of benzene rings is 2. The second kappa shape index (κ2) is 7.50. The predicted molar refractivity (Wildman–Crippen MR) is 104 cm³/mol. The van der Waals surface area contributed by atoms with Gasteiger partial charge in [0.05, 0.1) is 13.0 Å². The van der Waals surface area contributed by atoms with Crippen molar-refractivity contribution in [2.45, 2.75) is 6.42 Å². The number of para-hydroxylation sites is 1. The Morgan fingerprint density at radius 3 is 2.78 bits per heavy atom. The molecule has 0 radical (unpaired) electrons. The van der Waals surface area contributed by atoms with Crippen LogP contribution in [0, 0.1) is 5.92 Å². The predicted octanol–water partition coefficient (Wildman–Crippen LogP) is 3.95. The van der Waals surface area contributed by atoms with Gasteiger partial charge in [-0.15, -0.1) is 0 Å². The normalized spacial score (nSPS) is 15.4. The lowest BCUT2D eigenvalue weighted by Crippen LogP contribution is -2.32. The molecular formula is C22H20N2O3. The fraction of sp³-hybridized carbons (Fsp3) is 0.182. The topological polar surface area (TPSA) is 60.5 Å². The molecule has 1 N–H and O–H groups in total. The summed E-state index contributed by atoms with van der Waals surface area (Å²) in [5.41, 5.74) is 3.73. The first-order chi connectivity index (χ1) is 13.2. The molecule has 0 saturated heterocycles. The summed E-state index contributed by atoms with van der Waals surface area (Å²) >= 11 is 0. The third-order valence-electron chi connectivity index (χ3n) is 4.71. The van der Waals surface area contributed by atoms with Gasteiger partial charge in [0.1, 0.15) is 18.1 Å². The summed E-state index contributed by atoms with van der Waals surface area (Å²) in [6.07, 6.45) is 4.16. The third kappa shape index (κ3) is 3.62. The van der Waals surface area contributed by atoms with Crippen molar-refractivity contribution in [3.63, 3.8) is 0 Å². The number of amides is 1. The Morgan fingerprint density at radius 2 is 1.96 bits per heavy atom. The maximum atomic E-state index is 12.7. The van der Waals surface area contributed by atoms with Crippen LogP contribution in [0.15, 0.2) is 67.0 Å². The molecule has 1 atom stereocenters. The smallest absolute Gasteiger partial charge is 0.231 e. The van der Waals surface area contributed by atoms with Crippen molar-refractivity contribution in [2.24, 2.45) is 5.92 Å². The second-order valence-corrected chi connectivity index (χ2v) is 6.46. The van der Waals surface area contributed by atoms with Gasteiger partial charge in [-0.05, 0) is 47.9 Å². The number of ether oxygens (including phenoxy) is 2. The van der Waals surface area contributed by atoms with E-state index in [1.807, 2.05) is 54.6 Å². The lowest BCUT2D eigenvalue weighted by atomic mass is 9.96. The SMILES string of the molecule is COc1cc(NC(=O)C2COc3ccccc3C2)ccc1-c1ccncc1. The molecule has 0 spiro atoms. The highest BCUT2D eigenvalue weighted by Gasteiger charge is 2.26. The van der Waals surface area contributed by atoms with Crippen molar-refractivity contribution < 1.29 is 14.3 Å². The summed E-state index contributed by atoms with van der Waals surface area (Å²) < 4.78 is 11.2. The van der Waals surface area contributed by atoms with Gasteiger partial charge in [0.2, 0.25) is 5.91 Å². The van der Waals surface area contributed by atoms with E-state index in [4.69, 9.17) is 9.47 Å². The van der Waals surface area contributed by atoms with Crippen LogP contribution in [-0.4, -0.2) is 24.6 Å². The van der Waals surface area contributed by atoms with Crippen molar-refractivity contribution in [3.8, 4) is 22.6 Å². The van der Waals surface area contributed by atoms with Crippen LogP contribution in [0.1, 0.15) is 5.56 Å². The highest BCUT2D eigenvalue weighted by Crippen LogP contribution is 2.33. The zero-order valence-electron chi connectivity index (χ0n) is 15.0. The minimum Gasteiger partial charge on any atom is -0.496 e. The van der Waals surface area contributed by atoms with Gasteiger partial charge in [-0.2, -0.15) is 0 Å². The molecule has 1 aromatic heterocycles. The Bertz CT molecular complexity index is 957. The van der Waals surface area contributed by atoms with Crippen molar-refractivity contribution in [3.05, 3.63) is 72.6 Å². The zero-order valence-corrected chi connectivity index (χ0v) is 15.0. The van der Waals surface area contributed by atoms with Gasteiger partial charge in [0, 0.05) is 29.7 Å². The molecule has 0 aliphatic carbocycles. The number of fused-ring (bicyclic) bond motifs is 1. The quantitative estimate of drug-likeness (QED) is 0.765. The molecule has 1 unspecified atom stereocenters. The number of pyridine rings is 1. The van der Waals surface area contributed by atoms with Crippen molar-refractivity contribution >= 4 is 11.6 Å². The number of anilines is 1. The number of rotatable bonds is 4. The Hall–Kier alpha value is -3.34. The van der Waals surface area contributed by atoms with E-state index in [2.05, 4.69) is 10.3 Å². The molecule has 1 aliphatic rings. The standard InChI is InChI=1S/C22H20N2O3/c1-26-21-13-18(6-7-19(21)15-8-10-23-11-9-15)24-22(25)17-12-16-4-2-3-5-20(16)27-14-17/h2-11,13,17H,12,14H2,1H3,(H,24,25). The lowest BCUT2D eigenvalue weighted by Gasteiger charge is -2.24. The highest BCUT2D eigenvalue weighted by atomic mass is 16.5. The van der Waals surface area contributed by atoms with Gasteiger partial charge in [-0.25, -0.2) is 0 Å². The summed E-state index contributed by atoms with van der Waals surface area (Å²) in [5.74, 6) is 1.29. The Kier molecular flexibility index (Phi) is 4.75. The van der Waals surface area contributed by atoms with Crippen LogP contribution in [0.2, 0.25) is 0 Å². The molecule has 27 heavy (non-hydrogen) atoms. The van der Waals surface area contributed by atoms with Crippen LogP contribution in [-0.2, 0) is 11.2 Å². The molecule has 0 bridgehead atoms. The molecule has 2 heterocycles. The first-order valence-electron chi connectivity index (χ1n) is 8.84. The van der Waals surface area contributed by atoms with Crippen LogP contribution in [0.3, 0.4) is 0 Å². The van der Waals surface area contributed by atoms with Gasteiger partial charge in [-0.1, -0.05) is 18.2 Å². The van der Waals surface area contributed by atoms with E-state index in [-0.39, 0.29) is 11.8 Å². The average Bonchev–Trinajstić information content (AvgIpc) is 2.74. The van der Waals surface area contributed by atoms with Crippen LogP contribution < -0.4 is 14.8 Å². The fourth-order valence-corrected chi connectivity index (χ4v) is 3.28. The molecule has 1 aliphatic heterocycles. The van der Waals surface area contributed by atoms with Gasteiger partial charge in [0.25, 0.3) is 0 Å². The Balaban J connectivity index is 1.50. The van der Waals surface area contributed by atoms with Crippen LogP contribution >= 0.6 is 0 Å². The summed E-state index contributed by atoms with van der Waals surface area (Å²) in [6.45, 7) is 0.384. The van der Waals surface area contributed by atoms with E-state index in [0.717, 1.165) is 22.4 Å². The molecule has 1 amide bonds. The summed E-state index contributed by atoms with van der Waals surface area (Å²) in [6, 6.07) is 17.4. The number of hydrogen-bond donors (Lipinski definition) is 1. The molecule has 4 rings (SSSR count). The zero-order chi connectivity index (χ0) is 18.6.